The molecule has 1 heterocycles. The van der Waals surface area contributed by atoms with Crippen molar-refractivity contribution in [1.29, 1.82) is 0 Å². The highest BCUT2D eigenvalue weighted by Gasteiger charge is 2.20. The van der Waals surface area contributed by atoms with Crippen molar-refractivity contribution in [2.24, 2.45) is 11.8 Å². The van der Waals surface area contributed by atoms with E-state index in [4.69, 9.17) is 0 Å². The fourth-order valence-corrected chi connectivity index (χ4v) is 4.87. The van der Waals surface area contributed by atoms with E-state index in [1.165, 1.54) is 57.8 Å². The molecular formula is C27H39FN2. The Balaban J connectivity index is 1.50. The second-order valence-corrected chi connectivity index (χ2v) is 9.24. The van der Waals surface area contributed by atoms with Crippen LogP contribution in [0.25, 0.3) is 11.3 Å². The first-order valence-electron chi connectivity index (χ1n) is 12.3. The molecule has 0 aliphatic heterocycles. The lowest BCUT2D eigenvalue weighted by atomic mass is 9.78. The molecule has 3 rings (SSSR count). The zero-order chi connectivity index (χ0) is 21.2. The fraction of sp³-hybridized carbons (Fsp3) is 0.630. The molecule has 2 aromatic rings. The molecule has 1 aliphatic rings. The zero-order valence-corrected chi connectivity index (χ0v) is 19.0. The van der Waals surface area contributed by atoms with Gasteiger partial charge in [-0.05, 0) is 61.3 Å². The van der Waals surface area contributed by atoms with Crippen molar-refractivity contribution < 1.29 is 4.39 Å². The summed E-state index contributed by atoms with van der Waals surface area (Å²) in [6.45, 7) is 4.50. The molecule has 0 radical (unpaired) electrons. The van der Waals surface area contributed by atoms with Gasteiger partial charge in [0.05, 0.1) is 11.4 Å². The van der Waals surface area contributed by atoms with E-state index >= 15 is 0 Å². The summed E-state index contributed by atoms with van der Waals surface area (Å²) in [7, 11) is 0. The first-order chi connectivity index (χ1) is 14.7. The number of hydrogen-bond acceptors (Lipinski definition) is 2. The lowest BCUT2D eigenvalue weighted by Gasteiger charge is -2.28. The molecule has 0 unspecified atom stereocenters. The molecule has 3 heteroatoms. The number of benzene rings is 1. The largest absolute Gasteiger partial charge is 0.207 e. The van der Waals surface area contributed by atoms with Crippen molar-refractivity contribution in [3.63, 3.8) is 0 Å². The van der Waals surface area contributed by atoms with Crippen LogP contribution in [0.15, 0.2) is 30.3 Å². The summed E-state index contributed by atoms with van der Waals surface area (Å²) in [6, 6.07) is 9.61. The number of nitrogens with zero attached hydrogens (tertiary/aromatic N) is 2. The summed E-state index contributed by atoms with van der Waals surface area (Å²) in [5.41, 5.74) is 3.45. The van der Waals surface area contributed by atoms with E-state index in [2.05, 4.69) is 24.0 Å². The van der Waals surface area contributed by atoms with Crippen LogP contribution in [0.2, 0.25) is 0 Å². The minimum atomic E-state index is -0.0994. The van der Waals surface area contributed by atoms with Gasteiger partial charge in [0.15, 0.2) is 0 Å². The molecule has 0 amide bonds. The predicted molar refractivity (Wildman–Crippen MR) is 124 cm³/mol. The van der Waals surface area contributed by atoms with Gasteiger partial charge in [-0.15, -0.1) is 0 Å². The first kappa shape index (κ1) is 22.9. The Morgan fingerprint density at radius 3 is 2.20 bits per heavy atom. The molecule has 0 saturated heterocycles. The topological polar surface area (TPSA) is 25.8 Å². The summed E-state index contributed by atoms with van der Waals surface area (Å²) in [5, 5.41) is 8.69. The predicted octanol–water partition coefficient (Wildman–Crippen LogP) is 7.94. The number of halogens is 1. The highest BCUT2D eigenvalue weighted by atomic mass is 19.1. The molecule has 0 atom stereocenters. The van der Waals surface area contributed by atoms with Gasteiger partial charge < -0.3 is 0 Å². The van der Waals surface area contributed by atoms with Gasteiger partial charge >= 0.3 is 0 Å². The van der Waals surface area contributed by atoms with Crippen LogP contribution < -0.4 is 0 Å². The monoisotopic (exact) mass is 410 g/mol. The minimum Gasteiger partial charge on any atom is -0.207 e. The Labute approximate surface area is 182 Å². The van der Waals surface area contributed by atoms with Gasteiger partial charge in [-0.25, -0.2) is 4.39 Å². The molecule has 0 N–H and O–H groups in total. The Morgan fingerprint density at radius 2 is 1.57 bits per heavy atom. The third kappa shape index (κ3) is 6.89. The maximum absolute atomic E-state index is 14.7. The molecular weight excluding hydrogens is 371 g/mol. The highest BCUT2D eigenvalue weighted by molar-refractivity contribution is 5.59. The maximum atomic E-state index is 14.7. The molecule has 1 aromatic heterocycles. The highest BCUT2D eigenvalue weighted by Crippen LogP contribution is 2.34. The number of aryl methyl sites for hydroxylation is 2. The van der Waals surface area contributed by atoms with E-state index < -0.39 is 0 Å². The van der Waals surface area contributed by atoms with Crippen LogP contribution in [-0.4, -0.2) is 10.2 Å². The molecule has 164 valence electrons. The van der Waals surface area contributed by atoms with Crippen LogP contribution in [0.3, 0.4) is 0 Å². The number of rotatable bonds is 11. The van der Waals surface area contributed by atoms with Crippen molar-refractivity contribution >= 4 is 0 Å². The molecule has 1 aliphatic carbocycles. The average Bonchev–Trinajstić information content (AvgIpc) is 2.77. The summed E-state index contributed by atoms with van der Waals surface area (Å²) in [6.07, 6.45) is 15.9. The molecule has 1 aromatic carbocycles. The quantitative estimate of drug-likeness (QED) is 0.351. The van der Waals surface area contributed by atoms with Crippen molar-refractivity contribution in [3.05, 3.63) is 47.4 Å². The van der Waals surface area contributed by atoms with Crippen LogP contribution in [0.4, 0.5) is 4.39 Å². The normalized spacial score (nSPS) is 19.2. The SMILES string of the molecule is CCCCCCc1ccc(-c2ccc(CCC3CCC(CCC)CC3)c(F)c2)nn1. The second kappa shape index (κ2) is 12.2. The van der Waals surface area contributed by atoms with E-state index in [1.807, 2.05) is 24.3 Å². The number of unbranched alkanes of at least 4 members (excludes halogenated alkanes) is 3. The Kier molecular flexibility index (Phi) is 9.29. The third-order valence-corrected chi connectivity index (χ3v) is 6.84. The van der Waals surface area contributed by atoms with Gasteiger partial charge in [-0.2, -0.15) is 10.2 Å². The van der Waals surface area contributed by atoms with E-state index in [9.17, 15) is 4.39 Å². The van der Waals surface area contributed by atoms with Crippen molar-refractivity contribution in [2.75, 3.05) is 0 Å². The van der Waals surface area contributed by atoms with Gasteiger partial charge in [-0.3, -0.25) is 0 Å². The molecule has 30 heavy (non-hydrogen) atoms. The zero-order valence-electron chi connectivity index (χ0n) is 19.0. The number of hydrogen-bond donors (Lipinski definition) is 0. The molecule has 2 nitrogen and oxygen atoms in total. The summed E-state index contributed by atoms with van der Waals surface area (Å²) < 4.78 is 14.7. The van der Waals surface area contributed by atoms with E-state index in [0.717, 1.165) is 60.0 Å². The first-order valence-corrected chi connectivity index (χ1v) is 12.3. The lowest BCUT2D eigenvalue weighted by Crippen LogP contribution is -2.15. The Bertz CT molecular complexity index is 748. The van der Waals surface area contributed by atoms with Crippen LogP contribution in [-0.2, 0) is 12.8 Å². The third-order valence-electron chi connectivity index (χ3n) is 6.84. The van der Waals surface area contributed by atoms with E-state index in [1.54, 1.807) is 6.07 Å². The van der Waals surface area contributed by atoms with Crippen molar-refractivity contribution in [1.82, 2.24) is 10.2 Å². The van der Waals surface area contributed by atoms with Crippen molar-refractivity contribution in [3.8, 4) is 11.3 Å². The minimum absolute atomic E-state index is 0.0994. The van der Waals surface area contributed by atoms with Crippen LogP contribution in [0.5, 0.6) is 0 Å². The summed E-state index contributed by atoms with van der Waals surface area (Å²) in [4.78, 5) is 0. The Hall–Kier alpha value is -1.77. The van der Waals surface area contributed by atoms with Gasteiger partial charge in [0.25, 0.3) is 0 Å². The molecule has 0 spiro atoms. The smallest absolute Gasteiger partial charge is 0.127 e. The van der Waals surface area contributed by atoms with Crippen LogP contribution in [0.1, 0.15) is 95.7 Å². The van der Waals surface area contributed by atoms with Gasteiger partial charge in [0.2, 0.25) is 0 Å². The van der Waals surface area contributed by atoms with E-state index in [-0.39, 0.29) is 5.82 Å². The number of aromatic nitrogens is 2. The van der Waals surface area contributed by atoms with Gasteiger partial charge in [0.1, 0.15) is 5.82 Å². The standard InChI is InChI=1S/C27H39FN2/c1-3-5-6-7-9-25-18-19-27(30-29-25)24-17-16-23(26(28)20-24)15-14-22-12-10-21(8-4-2)11-13-22/h16-22H,3-15H2,1-2H3. The Morgan fingerprint density at radius 1 is 0.800 bits per heavy atom. The maximum Gasteiger partial charge on any atom is 0.127 e. The van der Waals surface area contributed by atoms with Gasteiger partial charge in [0, 0.05) is 5.56 Å². The molecule has 1 fully saturated rings. The molecule has 1 saturated carbocycles. The van der Waals surface area contributed by atoms with Gasteiger partial charge in [-0.1, -0.05) is 83.8 Å². The lowest BCUT2D eigenvalue weighted by molar-refractivity contribution is 0.252. The molecule has 0 bridgehead atoms. The second-order valence-electron chi connectivity index (χ2n) is 9.24. The fourth-order valence-electron chi connectivity index (χ4n) is 4.87. The van der Waals surface area contributed by atoms with Crippen LogP contribution >= 0.6 is 0 Å². The van der Waals surface area contributed by atoms with Crippen LogP contribution in [0, 0.1) is 17.7 Å². The van der Waals surface area contributed by atoms with Crippen molar-refractivity contribution in [2.45, 2.75) is 97.3 Å². The summed E-state index contributed by atoms with van der Waals surface area (Å²) >= 11 is 0. The summed E-state index contributed by atoms with van der Waals surface area (Å²) in [5.74, 6) is 1.61. The average molecular weight is 411 g/mol. The van der Waals surface area contributed by atoms with E-state index in [0.29, 0.717) is 0 Å².